The summed E-state index contributed by atoms with van der Waals surface area (Å²) in [7, 11) is 1.65. The molecule has 0 saturated carbocycles. The molecule has 24 heavy (non-hydrogen) atoms. The van der Waals surface area contributed by atoms with Crippen molar-refractivity contribution >= 4 is 16.7 Å². The molecule has 2 unspecified atom stereocenters. The van der Waals surface area contributed by atoms with Gasteiger partial charge in [0.05, 0.1) is 12.2 Å². The normalized spacial score (nSPS) is 27.2. The monoisotopic (exact) mass is 335 g/mol. The Balaban J connectivity index is 1.93. The molecular formula is C17H21NO6. The fourth-order valence-electron chi connectivity index (χ4n) is 2.78. The molecule has 1 aromatic heterocycles. The number of fused-ring (bicyclic) bond motifs is 1. The number of anilines is 1. The van der Waals surface area contributed by atoms with E-state index < -0.39 is 30.2 Å². The predicted molar refractivity (Wildman–Crippen MR) is 88.4 cm³/mol. The Kier molecular flexibility index (Phi) is 4.49. The van der Waals surface area contributed by atoms with Gasteiger partial charge < -0.3 is 29.4 Å². The SMILES string of the molecule is CNc1cc2ccc(OC3O[C@@H](C)C(O)C[C@H]3O)c(C)c2oc1=O. The van der Waals surface area contributed by atoms with E-state index in [1.165, 1.54) is 0 Å². The fraction of sp³-hybridized carbons (Fsp3) is 0.471. The van der Waals surface area contributed by atoms with E-state index >= 15 is 0 Å². The van der Waals surface area contributed by atoms with Crippen LogP contribution in [0.2, 0.25) is 0 Å². The van der Waals surface area contributed by atoms with Crippen LogP contribution in [0, 0.1) is 6.92 Å². The van der Waals surface area contributed by atoms with Gasteiger partial charge in [-0.3, -0.25) is 0 Å². The molecule has 2 heterocycles. The quantitative estimate of drug-likeness (QED) is 0.728. The molecule has 1 aliphatic rings. The number of aliphatic hydroxyl groups is 2. The molecule has 1 aliphatic heterocycles. The molecule has 4 atom stereocenters. The van der Waals surface area contributed by atoms with Crippen molar-refractivity contribution < 1.29 is 24.1 Å². The zero-order chi connectivity index (χ0) is 17.4. The first kappa shape index (κ1) is 16.8. The maximum absolute atomic E-state index is 11.9. The van der Waals surface area contributed by atoms with E-state index in [4.69, 9.17) is 13.9 Å². The van der Waals surface area contributed by atoms with Crippen molar-refractivity contribution in [1.82, 2.24) is 0 Å². The molecule has 2 aromatic rings. The molecular weight excluding hydrogens is 314 g/mol. The van der Waals surface area contributed by atoms with Gasteiger partial charge in [-0.25, -0.2) is 4.79 Å². The minimum absolute atomic E-state index is 0.180. The number of rotatable bonds is 3. The molecule has 0 amide bonds. The van der Waals surface area contributed by atoms with Crippen LogP contribution in [0.5, 0.6) is 5.75 Å². The van der Waals surface area contributed by atoms with Crippen LogP contribution >= 0.6 is 0 Å². The van der Waals surface area contributed by atoms with Crippen molar-refractivity contribution in [3.8, 4) is 5.75 Å². The Morgan fingerprint density at radius 2 is 2.04 bits per heavy atom. The van der Waals surface area contributed by atoms with Crippen LogP contribution in [0.3, 0.4) is 0 Å². The van der Waals surface area contributed by atoms with Crippen LogP contribution in [0.15, 0.2) is 27.4 Å². The summed E-state index contributed by atoms with van der Waals surface area (Å²) < 4.78 is 16.6. The average molecular weight is 335 g/mol. The minimum Gasteiger partial charge on any atom is -0.462 e. The predicted octanol–water partition coefficient (Wildman–Crippen LogP) is 1.38. The van der Waals surface area contributed by atoms with E-state index in [0.717, 1.165) is 5.39 Å². The largest absolute Gasteiger partial charge is 0.462 e. The van der Waals surface area contributed by atoms with Gasteiger partial charge in [-0.2, -0.15) is 0 Å². The maximum Gasteiger partial charge on any atom is 0.359 e. The highest BCUT2D eigenvalue weighted by Crippen LogP contribution is 2.30. The number of aryl methyl sites for hydroxylation is 1. The standard InChI is InChI=1S/C17H21NO6/c1-8-14(23-17-13(20)7-12(19)9(2)22-17)5-4-10-6-11(18-3)16(21)24-15(8)10/h4-6,9,12-13,17-20H,7H2,1-3H3/t9-,12?,13+,17?/m0/s1. The molecule has 130 valence electrons. The van der Waals surface area contributed by atoms with Gasteiger partial charge in [-0.15, -0.1) is 0 Å². The number of ether oxygens (including phenoxy) is 2. The molecule has 1 aromatic carbocycles. The van der Waals surface area contributed by atoms with Gasteiger partial charge in [0.15, 0.2) is 0 Å². The molecule has 0 spiro atoms. The fourth-order valence-corrected chi connectivity index (χ4v) is 2.78. The van der Waals surface area contributed by atoms with E-state index in [0.29, 0.717) is 22.6 Å². The lowest BCUT2D eigenvalue weighted by Gasteiger charge is -2.35. The van der Waals surface area contributed by atoms with E-state index in [-0.39, 0.29) is 6.42 Å². The van der Waals surface area contributed by atoms with Gasteiger partial charge in [-0.1, -0.05) is 0 Å². The summed E-state index contributed by atoms with van der Waals surface area (Å²) in [5, 5.41) is 23.3. The van der Waals surface area contributed by atoms with Crippen LogP contribution < -0.4 is 15.7 Å². The third kappa shape index (κ3) is 2.98. The zero-order valence-electron chi connectivity index (χ0n) is 13.8. The second-order valence-corrected chi connectivity index (χ2v) is 6.00. The summed E-state index contributed by atoms with van der Waals surface area (Å²) >= 11 is 0. The van der Waals surface area contributed by atoms with E-state index in [9.17, 15) is 15.0 Å². The van der Waals surface area contributed by atoms with Crippen molar-refractivity contribution in [3.63, 3.8) is 0 Å². The van der Waals surface area contributed by atoms with Crippen LogP contribution in [-0.2, 0) is 4.74 Å². The molecule has 7 heteroatoms. The van der Waals surface area contributed by atoms with Crippen molar-refractivity contribution in [2.45, 2.75) is 44.9 Å². The Labute approximate surface area is 138 Å². The molecule has 0 radical (unpaired) electrons. The highest BCUT2D eigenvalue weighted by Gasteiger charge is 2.35. The topological polar surface area (TPSA) is 101 Å². The minimum atomic E-state index is -0.940. The molecule has 0 bridgehead atoms. The maximum atomic E-state index is 11.9. The number of hydrogen-bond acceptors (Lipinski definition) is 7. The van der Waals surface area contributed by atoms with Gasteiger partial charge in [0.1, 0.15) is 23.1 Å². The lowest BCUT2D eigenvalue weighted by Crippen LogP contribution is -2.48. The summed E-state index contributed by atoms with van der Waals surface area (Å²) in [5.74, 6) is 0.454. The highest BCUT2D eigenvalue weighted by atomic mass is 16.7. The highest BCUT2D eigenvalue weighted by molar-refractivity contribution is 5.84. The number of aliphatic hydroxyl groups excluding tert-OH is 2. The van der Waals surface area contributed by atoms with Gasteiger partial charge in [0.25, 0.3) is 0 Å². The number of nitrogens with one attached hydrogen (secondary N) is 1. The first-order valence-corrected chi connectivity index (χ1v) is 7.84. The Morgan fingerprint density at radius 3 is 2.75 bits per heavy atom. The Hall–Kier alpha value is -2.09. The average Bonchev–Trinajstić information content (AvgIpc) is 2.55. The lowest BCUT2D eigenvalue weighted by atomic mass is 10.0. The smallest absolute Gasteiger partial charge is 0.359 e. The summed E-state index contributed by atoms with van der Waals surface area (Å²) in [5.41, 5.74) is 0.983. The first-order chi connectivity index (χ1) is 11.4. The summed E-state index contributed by atoms with van der Waals surface area (Å²) in [6, 6.07) is 5.22. The van der Waals surface area contributed by atoms with Crippen LogP contribution in [-0.4, -0.2) is 41.9 Å². The molecule has 1 fully saturated rings. The Bertz CT molecular complexity index is 802. The van der Waals surface area contributed by atoms with Crippen molar-refractivity contribution in [2.24, 2.45) is 0 Å². The number of benzene rings is 1. The summed E-state index contributed by atoms with van der Waals surface area (Å²) in [6.07, 6.45) is -2.81. The van der Waals surface area contributed by atoms with Crippen LogP contribution in [0.1, 0.15) is 18.9 Å². The van der Waals surface area contributed by atoms with Crippen molar-refractivity contribution in [1.29, 1.82) is 0 Å². The van der Waals surface area contributed by atoms with Gasteiger partial charge in [0.2, 0.25) is 6.29 Å². The van der Waals surface area contributed by atoms with Crippen LogP contribution in [0.4, 0.5) is 5.69 Å². The molecule has 1 saturated heterocycles. The Morgan fingerprint density at radius 1 is 1.29 bits per heavy atom. The third-order valence-electron chi connectivity index (χ3n) is 4.30. The molecule has 3 rings (SSSR count). The van der Waals surface area contributed by atoms with Gasteiger partial charge in [0, 0.05) is 24.4 Å². The molecule has 7 nitrogen and oxygen atoms in total. The number of hydrogen-bond donors (Lipinski definition) is 3. The van der Waals surface area contributed by atoms with Crippen molar-refractivity contribution in [3.05, 3.63) is 34.2 Å². The second kappa shape index (κ2) is 6.43. The van der Waals surface area contributed by atoms with E-state index in [1.807, 2.05) is 0 Å². The summed E-state index contributed by atoms with van der Waals surface area (Å²) in [6.45, 7) is 3.49. The lowest BCUT2D eigenvalue weighted by molar-refractivity contribution is -0.228. The van der Waals surface area contributed by atoms with Crippen molar-refractivity contribution in [2.75, 3.05) is 12.4 Å². The van der Waals surface area contributed by atoms with E-state index in [2.05, 4.69) is 5.32 Å². The van der Waals surface area contributed by atoms with Gasteiger partial charge in [-0.05, 0) is 32.0 Å². The summed E-state index contributed by atoms with van der Waals surface area (Å²) in [4.78, 5) is 11.9. The third-order valence-corrected chi connectivity index (χ3v) is 4.30. The zero-order valence-corrected chi connectivity index (χ0v) is 13.8. The molecule has 0 aliphatic carbocycles. The molecule has 3 N–H and O–H groups in total. The van der Waals surface area contributed by atoms with E-state index in [1.54, 1.807) is 39.1 Å². The van der Waals surface area contributed by atoms with Crippen LogP contribution in [0.25, 0.3) is 11.0 Å². The second-order valence-electron chi connectivity index (χ2n) is 6.00. The van der Waals surface area contributed by atoms with Gasteiger partial charge >= 0.3 is 5.63 Å². The first-order valence-electron chi connectivity index (χ1n) is 7.84.